The second-order valence-electron chi connectivity index (χ2n) is 7.90. The summed E-state index contributed by atoms with van der Waals surface area (Å²) in [6.07, 6.45) is 0. The highest BCUT2D eigenvalue weighted by atomic mass is 35.5. The van der Waals surface area contributed by atoms with Gasteiger partial charge in [0.15, 0.2) is 10.9 Å². The number of amides is 1. The Bertz CT molecular complexity index is 1450. The predicted octanol–water partition coefficient (Wildman–Crippen LogP) is 7.41. The molecule has 0 spiro atoms. The van der Waals surface area contributed by atoms with Crippen molar-refractivity contribution in [2.24, 2.45) is 0 Å². The van der Waals surface area contributed by atoms with E-state index >= 15 is 0 Å². The van der Waals surface area contributed by atoms with Crippen LogP contribution < -0.4 is 20.3 Å². The van der Waals surface area contributed by atoms with Gasteiger partial charge >= 0.3 is 0 Å². The highest BCUT2D eigenvalue weighted by Crippen LogP contribution is 2.42. The number of carbonyl (C=O) groups excluding carboxylic acids is 1. The molecule has 4 aromatic rings. The van der Waals surface area contributed by atoms with Gasteiger partial charge in [0.2, 0.25) is 0 Å². The van der Waals surface area contributed by atoms with Crippen molar-refractivity contribution in [2.45, 2.75) is 0 Å². The smallest absolute Gasteiger partial charge is 0.263 e. The van der Waals surface area contributed by atoms with E-state index in [1.165, 1.54) is 12.1 Å². The average Bonchev–Trinajstić information content (AvgIpc) is 2.81. The zero-order chi connectivity index (χ0) is 26.0. The zero-order valence-corrected chi connectivity index (χ0v) is 21.4. The normalized spacial score (nSPS) is 10.7. The third-order valence-corrected chi connectivity index (χ3v) is 5.99. The van der Waals surface area contributed by atoms with Crippen LogP contribution in [0, 0.1) is 11.6 Å². The molecule has 0 aromatic heterocycles. The molecule has 0 fully saturated rings. The van der Waals surface area contributed by atoms with Gasteiger partial charge in [-0.1, -0.05) is 53.5 Å². The number of ether oxygens (including phenoxy) is 1. The molecule has 0 radical (unpaired) electrons. The molecule has 4 aromatic carbocycles. The number of anilines is 2. The standard InChI is InChI=1S/C26H19Cl2F2N3O2S/c1-33(2)21-10-11-22(16-7-4-3-6-15(16)21)35-24-17(27)12-14(13-18(24)28)31-26(36)32-25(34)23-19(29)8-5-9-20(23)30/h3-13H,1-2H3,(H2,31,32,34,36). The predicted molar refractivity (Wildman–Crippen MR) is 145 cm³/mol. The Morgan fingerprint density at radius 1 is 0.917 bits per heavy atom. The van der Waals surface area contributed by atoms with Gasteiger partial charge in [0, 0.05) is 36.2 Å². The minimum Gasteiger partial charge on any atom is -0.454 e. The van der Waals surface area contributed by atoms with Crippen molar-refractivity contribution in [3.63, 3.8) is 0 Å². The molecular formula is C26H19Cl2F2N3O2S. The third-order valence-electron chi connectivity index (χ3n) is 5.23. The average molecular weight is 546 g/mol. The first-order valence-electron chi connectivity index (χ1n) is 10.6. The van der Waals surface area contributed by atoms with Crippen LogP contribution in [0.1, 0.15) is 10.4 Å². The van der Waals surface area contributed by atoms with Crippen LogP contribution in [0.4, 0.5) is 20.2 Å². The van der Waals surface area contributed by atoms with Crippen molar-refractivity contribution in [1.29, 1.82) is 0 Å². The summed E-state index contributed by atoms with van der Waals surface area (Å²) in [5.41, 5.74) is 0.624. The molecule has 0 aliphatic carbocycles. The molecule has 184 valence electrons. The molecule has 36 heavy (non-hydrogen) atoms. The summed E-state index contributed by atoms with van der Waals surface area (Å²) in [7, 11) is 3.92. The van der Waals surface area contributed by atoms with E-state index in [-0.39, 0.29) is 20.9 Å². The summed E-state index contributed by atoms with van der Waals surface area (Å²) in [5, 5.41) is 7.00. The molecule has 0 aliphatic rings. The quantitative estimate of drug-likeness (QED) is 0.256. The first-order valence-corrected chi connectivity index (χ1v) is 11.7. The largest absolute Gasteiger partial charge is 0.454 e. The fourth-order valence-corrected chi connectivity index (χ4v) is 4.39. The van der Waals surface area contributed by atoms with E-state index in [4.69, 9.17) is 40.2 Å². The number of benzene rings is 4. The van der Waals surface area contributed by atoms with E-state index in [0.717, 1.165) is 34.7 Å². The van der Waals surface area contributed by atoms with Crippen molar-refractivity contribution in [3.05, 3.63) is 94.0 Å². The molecule has 1 amide bonds. The summed E-state index contributed by atoms with van der Waals surface area (Å²) in [4.78, 5) is 14.3. The topological polar surface area (TPSA) is 53.6 Å². The van der Waals surface area contributed by atoms with Gasteiger partial charge in [-0.05, 0) is 48.6 Å². The Balaban J connectivity index is 1.54. The Kier molecular flexibility index (Phi) is 7.59. The number of nitrogens with zero attached hydrogens (tertiary/aromatic N) is 1. The second-order valence-corrected chi connectivity index (χ2v) is 9.12. The van der Waals surface area contributed by atoms with Gasteiger partial charge in [-0.2, -0.15) is 0 Å². The number of rotatable bonds is 5. The summed E-state index contributed by atoms with van der Waals surface area (Å²) >= 11 is 18.0. The summed E-state index contributed by atoms with van der Waals surface area (Å²) in [6.45, 7) is 0. The Morgan fingerprint density at radius 2 is 1.53 bits per heavy atom. The van der Waals surface area contributed by atoms with Gasteiger partial charge in [0.05, 0.1) is 10.0 Å². The molecule has 5 nitrogen and oxygen atoms in total. The minimum absolute atomic E-state index is 0.181. The first kappa shape index (κ1) is 25.6. The van der Waals surface area contributed by atoms with Gasteiger partial charge < -0.3 is 15.0 Å². The fraction of sp³-hybridized carbons (Fsp3) is 0.0769. The van der Waals surface area contributed by atoms with E-state index in [1.54, 1.807) is 0 Å². The molecule has 4 rings (SSSR count). The molecule has 0 saturated carbocycles. The third kappa shape index (κ3) is 5.36. The Hall–Kier alpha value is -3.46. The van der Waals surface area contributed by atoms with Crippen LogP contribution >= 0.6 is 35.4 Å². The Labute approximate surface area is 221 Å². The van der Waals surface area contributed by atoms with E-state index < -0.39 is 23.1 Å². The lowest BCUT2D eigenvalue weighted by atomic mass is 10.1. The zero-order valence-electron chi connectivity index (χ0n) is 19.0. The number of halogens is 4. The van der Waals surface area contributed by atoms with Gasteiger partial charge in [-0.3, -0.25) is 10.1 Å². The lowest BCUT2D eigenvalue weighted by Crippen LogP contribution is -2.35. The van der Waals surface area contributed by atoms with Crippen LogP contribution in [0.3, 0.4) is 0 Å². The lowest BCUT2D eigenvalue weighted by Gasteiger charge is -2.19. The van der Waals surface area contributed by atoms with Gasteiger partial charge in [-0.25, -0.2) is 8.78 Å². The van der Waals surface area contributed by atoms with Crippen LogP contribution in [0.25, 0.3) is 10.8 Å². The number of fused-ring (bicyclic) bond motifs is 1. The maximum Gasteiger partial charge on any atom is 0.263 e. The molecule has 0 atom stereocenters. The number of hydrogen-bond acceptors (Lipinski definition) is 4. The molecule has 2 N–H and O–H groups in total. The van der Waals surface area contributed by atoms with E-state index in [2.05, 4.69) is 10.6 Å². The fourth-order valence-electron chi connectivity index (χ4n) is 3.62. The van der Waals surface area contributed by atoms with Crippen molar-refractivity contribution in [1.82, 2.24) is 5.32 Å². The van der Waals surface area contributed by atoms with Crippen molar-refractivity contribution in [2.75, 3.05) is 24.3 Å². The molecular weight excluding hydrogens is 527 g/mol. The molecule has 0 aliphatic heterocycles. The summed E-state index contributed by atoms with van der Waals surface area (Å²) in [6, 6.07) is 17.7. The molecule has 0 heterocycles. The minimum atomic E-state index is -1.03. The van der Waals surface area contributed by atoms with Crippen LogP contribution in [0.15, 0.2) is 66.7 Å². The van der Waals surface area contributed by atoms with E-state index in [9.17, 15) is 13.6 Å². The maximum absolute atomic E-state index is 13.9. The number of carbonyl (C=O) groups is 1. The SMILES string of the molecule is CN(C)c1ccc(Oc2c(Cl)cc(NC(=S)NC(=O)c3c(F)cccc3F)cc2Cl)c2ccccc12. The Morgan fingerprint density at radius 3 is 2.14 bits per heavy atom. The van der Waals surface area contributed by atoms with Gasteiger partial charge in [0.1, 0.15) is 22.9 Å². The number of hydrogen-bond donors (Lipinski definition) is 2. The van der Waals surface area contributed by atoms with Gasteiger partial charge in [0.25, 0.3) is 5.91 Å². The van der Waals surface area contributed by atoms with Crippen molar-refractivity contribution >= 4 is 68.6 Å². The van der Waals surface area contributed by atoms with Crippen LogP contribution in [-0.4, -0.2) is 25.1 Å². The number of thiocarbonyl (C=S) groups is 1. The van der Waals surface area contributed by atoms with Crippen LogP contribution in [0.5, 0.6) is 11.5 Å². The van der Waals surface area contributed by atoms with Gasteiger partial charge in [-0.15, -0.1) is 0 Å². The summed E-state index contributed by atoms with van der Waals surface area (Å²) < 4.78 is 33.8. The summed E-state index contributed by atoms with van der Waals surface area (Å²) in [5.74, 6) is -2.25. The molecule has 10 heteroatoms. The molecule has 0 saturated heterocycles. The highest BCUT2D eigenvalue weighted by Gasteiger charge is 2.19. The van der Waals surface area contributed by atoms with Crippen LogP contribution in [0.2, 0.25) is 10.0 Å². The van der Waals surface area contributed by atoms with E-state index in [0.29, 0.717) is 11.4 Å². The highest BCUT2D eigenvalue weighted by molar-refractivity contribution is 7.80. The maximum atomic E-state index is 13.9. The lowest BCUT2D eigenvalue weighted by molar-refractivity contribution is 0.0969. The number of nitrogens with one attached hydrogen (secondary N) is 2. The molecule has 0 bridgehead atoms. The van der Waals surface area contributed by atoms with Crippen molar-refractivity contribution in [3.8, 4) is 11.5 Å². The van der Waals surface area contributed by atoms with E-state index in [1.807, 2.05) is 55.4 Å². The molecule has 0 unspecified atom stereocenters. The first-order chi connectivity index (χ1) is 17.2. The van der Waals surface area contributed by atoms with Crippen molar-refractivity contribution < 1.29 is 18.3 Å². The second kappa shape index (κ2) is 10.7. The van der Waals surface area contributed by atoms with Crippen LogP contribution in [-0.2, 0) is 0 Å². The monoisotopic (exact) mass is 545 g/mol.